The molecule has 0 aliphatic carbocycles. The van der Waals surface area contributed by atoms with Gasteiger partial charge in [-0.15, -0.1) is 10.2 Å². The zero-order chi connectivity index (χ0) is 21.9. The van der Waals surface area contributed by atoms with E-state index in [9.17, 15) is 9.59 Å². The van der Waals surface area contributed by atoms with E-state index in [4.69, 9.17) is 9.47 Å². The summed E-state index contributed by atoms with van der Waals surface area (Å²) in [6.07, 6.45) is 2.29. The molecule has 31 heavy (non-hydrogen) atoms. The van der Waals surface area contributed by atoms with Crippen molar-refractivity contribution < 1.29 is 14.3 Å². The Kier molecular flexibility index (Phi) is 8.99. The second kappa shape index (κ2) is 12.2. The summed E-state index contributed by atoms with van der Waals surface area (Å²) >= 11 is 0. The molecule has 2 heterocycles. The van der Waals surface area contributed by atoms with Crippen molar-refractivity contribution in [1.82, 2.24) is 25.4 Å². The van der Waals surface area contributed by atoms with Crippen molar-refractivity contribution in [2.45, 2.75) is 32.6 Å². The maximum absolute atomic E-state index is 12.3. The van der Waals surface area contributed by atoms with Crippen LogP contribution < -0.4 is 15.6 Å². The molecule has 1 aromatic heterocycles. The number of carbonyl (C=O) groups is 1. The number of aromatic amines is 1. The van der Waals surface area contributed by atoms with Gasteiger partial charge in [-0.1, -0.05) is 6.92 Å². The first-order valence-electron chi connectivity index (χ1n) is 10.9. The highest BCUT2D eigenvalue weighted by Gasteiger charge is 2.11. The molecule has 0 radical (unpaired) electrons. The van der Waals surface area contributed by atoms with Crippen LogP contribution in [0.5, 0.6) is 5.75 Å². The number of H-pyrrole nitrogens is 1. The molecule has 1 aliphatic rings. The molecule has 1 saturated heterocycles. The lowest BCUT2D eigenvalue weighted by Gasteiger charge is -2.26. The molecule has 9 nitrogen and oxygen atoms in total. The van der Waals surface area contributed by atoms with Crippen LogP contribution in [0, 0.1) is 0 Å². The van der Waals surface area contributed by atoms with Crippen molar-refractivity contribution in [2.75, 3.05) is 46.0 Å². The minimum Gasteiger partial charge on any atom is -0.494 e. The summed E-state index contributed by atoms with van der Waals surface area (Å²) in [5, 5.41) is 11.0. The van der Waals surface area contributed by atoms with E-state index in [2.05, 4.69) is 25.4 Å². The monoisotopic (exact) mass is 429 g/mol. The van der Waals surface area contributed by atoms with E-state index in [-0.39, 0.29) is 30.0 Å². The molecule has 9 heteroatoms. The fourth-order valence-electron chi connectivity index (χ4n) is 3.26. The second-order valence-electron chi connectivity index (χ2n) is 7.48. The van der Waals surface area contributed by atoms with Crippen LogP contribution in [0.15, 0.2) is 29.1 Å². The minimum atomic E-state index is -0.323. The van der Waals surface area contributed by atoms with Crippen LogP contribution in [0.25, 0.3) is 11.4 Å². The van der Waals surface area contributed by atoms with Crippen LogP contribution in [0.1, 0.15) is 31.9 Å². The van der Waals surface area contributed by atoms with Crippen LogP contribution in [0.3, 0.4) is 0 Å². The van der Waals surface area contributed by atoms with E-state index < -0.39 is 0 Å². The highest BCUT2D eigenvalue weighted by atomic mass is 16.5. The molecule has 1 aromatic carbocycles. The SMILES string of the molecule is CCCOc1ccc(-c2nnc(CCC(=O)NCCCN3CCOCC3)c(=O)[nH]2)cc1. The molecule has 1 aliphatic heterocycles. The number of hydrogen-bond acceptors (Lipinski definition) is 7. The average Bonchev–Trinajstić information content (AvgIpc) is 2.80. The smallest absolute Gasteiger partial charge is 0.273 e. The maximum Gasteiger partial charge on any atom is 0.273 e. The highest BCUT2D eigenvalue weighted by molar-refractivity contribution is 5.76. The van der Waals surface area contributed by atoms with Crippen molar-refractivity contribution in [3.8, 4) is 17.1 Å². The van der Waals surface area contributed by atoms with E-state index in [1.807, 2.05) is 31.2 Å². The number of carbonyl (C=O) groups excluding carboxylic acids is 1. The third-order valence-electron chi connectivity index (χ3n) is 5.03. The molecule has 2 aromatic rings. The number of amides is 1. The number of benzene rings is 1. The van der Waals surface area contributed by atoms with Crippen molar-refractivity contribution in [2.24, 2.45) is 0 Å². The largest absolute Gasteiger partial charge is 0.494 e. The van der Waals surface area contributed by atoms with Gasteiger partial charge in [0.1, 0.15) is 11.4 Å². The number of nitrogens with one attached hydrogen (secondary N) is 2. The number of aryl methyl sites for hydroxylation is 1. The summed E-state index contributed by atoms with van der Waals surface area (Å²) < 4.78 is 10.9. The van der Waals surface area contributed by atoms with E-state index in [1.165, 1.54) is 0 Å². The number of nitrogens with zero attached hydrogens (tertiary/aromatic N) is 3. The van der Waals surface area contributed by atoms with E-state index in [0.29, 0.717) is 19.0 Å². The number of morpholine rings is 1. The molecule has 1 fully saturated rings. The summed E-state index contributed by atoms with van der Waals surface area (Å²) in [6.45, 7) is 7.72. The molecule has 3 rings (SSSR count). The number of ether oxygens (including phenoxy) is 2. The van der Waals surface area contributed by atoms with Gasteiger partial charge >= 0.3 is 0 Å². The van der Waals surface area contributed by atoms with E-state index in [1.54, 1.807) is 0 Å². The Morgan fingerprint density at radius 2 is 2.00 bits per heavy atom. The molecule has 0 atom stereocenters. The van der Waals surface area contributed by atoms with Crippen molar-refractivity contribution in [1.29, 1.82) is 0 Å². The van der Waals surface area contributed by atoms with Gasteiger partial charge in [0, 0.05) is 38.0 Å². The second-order valence-corrected chi connectivity index (χ2v) is 7.48. The summed E-state index contributed by atoms with van der Waals surface area (Å²) in [6, 6.07) is 7.33. The molecular weight excluding hydrogens is 398 g/mol. The third kappa shape index (κ3) is 7.45. The van der Waals surface area contributed by atoms with Gasteiger partial charge < -0.3 is 19.8 Å². The topological polar surface area (TPSA) is 109 Å². The first-order chi connectivity index (χ1) is 15.2. The van der Waals surface area contributed by atoms with Gasteiger partial charge in [-0.05, 0) is 43.7 Å². The predicted octanol–water partition coefficient (Wildman–Crippen LogP) is 1.39. The fourth-order valence-corrected chi connectivity index (χ4v) is 3.26. The van der Waals surface area contributed by atoms with Gasteiger partial charge in [0.25, 0.3) is 5.56 Å². The Hall–Kier alpha value is -2.78. The molecule has 168 valence electrons. The van der Waals surface area contributed by atoms with Crippen molar-refractivity contribution in [3.63, 3.8) is 0 Å². The quantitative estimate of drug-likeness (QED) is 0.520. The van der Waals surface area contributed by atoms with Gasteiger partial charge in [-0.25, -0.2) is 0 Å². The summed E-state index contributed by atoms with van der Waals surface area (Å²) in [5.41, 5.74) is 0.685. The number of hydrogen-bond donors (Lipinski definition) is 2. The van der Waals surface area contributed by atoms with E-state index >= 15 is 0 Å². The summed E-state index contributed by atoms with van der Waals surface area (Å²) in [5.74, 6) is 1.08. The first kappa shape index (κ1) is 22.9. The van der Waals surface area contributed by atoms with Gasteiger partial charge in [0.2, 0.25) is 5.91 Å². The van der Waals surface area contributed by atoms with Crippen LogP contribution in [-0.4, -0.2) is 72.0 Å². The van der Waals surface area contributed by atoms with Crippen LogP contribution in [0.4, 0.5) is 0 Å². The Bertz CT molecular complexity index is 878. The lowest BCUT2D eigenvalue weighted by molar-refractivity contribution is -0.121. The van der Waals surface area contributed by atoms with E-state index in [0.717, 1.165) is 57.0 Å². The van der Waals surface area contributed by atoms with Gasteiger partial charge in [-0.2, -0.15) is 0 Å². The number of aromatic nitrogens is 3. The lowest BCUT2D eigenvalue weighted by Crippen LogP contribution is -2.38. The van der Waals surface area contributed by atoms with Gasteiger partial charge in [0.05, 0.1) is 19.8 Å². The molecule has 0 unspecified atom stereocenters. The lowest BCUT2D eigenvalue weighted by atomic mass is 10.2. The van der Waals surface area contributed by atoms with Gasteiger partial charge in [0.15, 0.2) is 5.82 Å². The third-order valence-corrected chi connectivity index (χ3v) is 5.03. The number of rotatable bonds is 11. The molecule has 0 spiro atoms. The normalized spacial score (nSPS) is 14.4. The maximum atomic E-state index is 12.3. The molecule has 1 amide bonds. The fraction of sp³-hybridized carbons (Fsp3) is 0.545. The Labute approximate surface area is 182 Å². The minimum absolute atomic E-state index is 0.0880. The van der Waals surface area contributed by atoms with Crippen molar-refractivity contribution >= 4 is 5.91 Å². The molecule has 0 saturated carbocycles. The standard InChI is InChI=1S/C22H31N5O4/c1-2-14-31-18-6-4-17(5-7-18)21-24-22(29)19(25-26-21)8-9-20(28)23-10-3-11-27-12-15-30-16-13-27/h4-7H,2-3,8-16H2,1H3,(H,23,28)(H,24,26,29). The Morgan fingerprint density at radius 3 is 2.71 bits per heavy atom. The molecular formula is C22H31N5O4. The Balaban J connectivity index is 1.42. The molecule has 0 bridgehead atoms. The van der Waals surface area contributed by atoms with Gasteiger partial charge in [-0.3, -0.25) is 14.5 Å². The van der Waals surface area contributed by atoms with Crippen molar-refractivity contribution in [3.05, 3.63) is 40.3 Å². The highest BCUT2D eigenvalue weighted by Crippen LogP contribution is 2.18. The first-order valence-corrected chi connectivity index (χ1v) is 10.9. The van der Waals surface area contributed by atoms with Crippen LogP contribution >= 0.6 is 0 Å². The zero-order valence-corrected chi connectivity index (χ0v) is 18.1. The Morgan fingerprint density at radius 1 is 1.23 bits per heavy atom. The van der Waals surface area contributed by atoms with Crippen LogP contribution in [-0.2, 0) is 16.0 Å². The summed E-state index contributed by atoms with van der Waals surface area (Å²) in [7, 11) is 0. The zero-order valence-electron chi connectivity index (χ0n) is 18.1. The predicted molar refractivity (Wildman–Crippen MR) is 117 cm³/mol. The average molecular weight is 430 g/mol. The van der Waals surface area contributed by atoms with Crippen LogP contribution in [0.2, 0.25) is 0 Å². The molecule has 2 N–H and O–H groups in total. The summed E-state index contributed by atoms with van der Waals surface area (Å²) in [4.78, 5) is 29.5.